The van der Waals surface area contributed by atoms with E-state index in [1.165, 1.54) is 41.9 Å². The third kappa shape index (κ3) is 2.79. The quantitative estimate of drug-likeness (QED) is 0.682. The van der Waals surface area contributed by atoms with Gasteiger partial charge in [0.2, 0.25) is 10.7 Å². The maximum Gasteiger partial charge on any atom is 0.237 e. The molecule has 2 aromatic rings. The third-order valence-electron chi connectivity index (χ3n) is 3.31. The Kier molecular flexibility index (Phi) is 4.82. The Bertz CT molecular complexity index is 521. The van der Waals surface area contributed by atoms with E-state index in [1.54, 1.807) is 0 Å². The zero-order valence-corrected chi connectivity index (χ0v) is 13.2. The Hall–Kier alpha value is -0.380. The van der Waals surface area contributed by atoms with Gasteiger partial charge in [-0.05, 0) is 37.1 Å². The third-order valence-corrected chi connectivity index (χ3v) is 4.60. The lowest BCUT2D eigenvalue weighted by atomic mass is 10.2. The average Bonchev–Trinajstić information content (AvgIpc) is 2.60. The molecular formula is C14H15BrClNS. The monoisotopic (exact) mass is 343 g/mol. The molecule has 0 amide bonds. The van der Waals surface area contributed by atoms with Gasteiger partial charge in [0, 0.05) is 23.4 Å². The van der Waals surface area contributed by atoms with Crippen LogP contribution in [-0.4, -0.2) is 0 Å². The van der Waals surface area contributed by atoms with Crippen LogP contribution in [0.5, 0.6) is 0 Å². The number of aryl methyl sites for hydroxylation is 1. The molecule has 0 saturated carbocycles. The van der Waals surface area contributed by atoms with Crippen molar-refractivity contribution < 1.29 is 21.5 Å². The Morgan fingerprint density at radius 3 is 2.61 bits per heavy atom. The largest absolute Gasteiger partial charge is 1.00 e. The lowest BCUT2D eigenvalue weighted by molar-refractivity contribution is -0.687. The number of hydrogen-bond acceptors (Lipinski definition) is 1. The van der Waals surface area contributed by atoms with Gasteiger partial charge in [-0.2, -0.15) is 4.57 Å². The number of hydrogen-bond donors (Lipinski definition) is 0. The second-order valence-corrected chi connectivity index (χ2v) is 5.86. The van der Waals surface area contributed by atoms with Crippen molar-refractivity contribution in [1.29, 1.82) is 0 Å². The van der Waals surface area contributed by atoms with Gasteiger partial charge in [0.15, 0.2) is 0 Å². The molecule has 3 rings (SSSR count). The van der Waals surface area contributed by atoms with Crippen molar-refractivity contribution in [2.24, 2.45) is 0 Å². The molecule has 96 valence electrons. The minimum atomic E-state index is 0. The maximum absolute atomic E-state index is 5.94. The van der Waals surface area contributed by atoms with Gasteiger partial charge < -0.3 is 17.0 Å². The fourth-order valence-electron chi connectivity index (χ4n) is 2.39. The summed E-state index contributed by atoms with van der Waals surface area (Å²) in [5.74, 6) is 0. The van der Waals surface area contributed by atoms with E-state index >= 15 is 0 Å². The second-order valence-electron chi connectivity index (χ2n) is 4.48. The maximum atomic E-state index is 5.94. The first-order chi connectivity index (χ1) is 8.34. The number of halogens is 2. The van der Waals surface area contributed by atoms with Gasteiger partial charge in [-0.1, -0.05) is 22.9 Å². The first-order valence-electron chi connectivity index (χ1n) is 6.11. The highest BCUT2D eigenvalue weighted by atomic mass is 79.9. The predicted molar refractivity (Wildman–Crippen MR) is 72.5 cm³/mol. The normalized spacial score (nSPS) is 14.5. The van der Waals surface area contributed by atoms with E-state index in [9.17, 15) is 0 Å². The molecule has 4 heteroatoms. The Labute approximate surface area is 127 Å². The summed E-state index contributed by atoms with van der Waals surface area (Å²) in [5, 5.41) is 4.61. The summed E-state index contributed by atoms with van der Waals surface area (Å²) in [4.78, 5) is 0. The molecule has 1 aromatic carbocycles. The number of benzene rings is 1. The molecular weight excluding hydrogens is 330 g/mol. The predicted octanol–water partition coefficient (Wildman–Crippen LogP) is 1.09. The van der Waals surface area contributed by atoms with Crippen molar-refractivity contribution in [2.75, 3.05) is 0 Å². The van der Waals surface area contributed by atoms with Crippen molar-refractivity contribution >= 4 is 22.9 Å². The molecule has 0 fully saturated rings. The summed E-state index contributed by atoms with van der Waals surface area (Å²) < 4.78 is 2.49. The molecule has 0 spiro atoms. The molecule has 0 N–H and O–H groups in total. The molecule has 18 heavy (non-hydrogen) atoms. The number of nitrogens with zero attached hydrogens (tertiary/aromatic N) is 1. The summed E-state index contributed by atoms with van der Waals surface area (Å²) in [6, 6.07) is 8.17. The Morgan fingerprint density at radius 2 is 1.83 bits per heavy atom. The van der Waals surface area contributed by atoms with Crippen LogP contribution >= 0.6 is 22.9 Å². The zero-order chi connectivity index (χ0) is 11.7. The fourth-order valence-corrected chi connectivity index (χ4v) is 3.61. The van der Waals surface area contributed by atoms with E-state index < -0.39 is 0 Å². The van der Waals surface area contributed by atoms with E-state index in [1.807, 2.05) is 23.5 Å². The summed E-state index contributed by atoms with van der Waals surface area (Å²) in [5.41, 5.74) is 2.63. The highest BCUT2D eigenvalue weighted by Gasteiger charge is 2.22. The number of rotatable bonds is 1. The number of aromatic nitrogens is 1. The molecule has 1 aliphatic heterocycles. The van der Waals surface area contributed by atoms with Crippen molar-refractivity contribution in [1.82, 2.24) is 0 Å². The summed E-state index contributed by atoms with van der Waals surface area (Å²) in [7, 11) is 0. The Morgan fingerprint density at radius 1 is 1.06 bits per heavy atom. The van der Waals surface area contributed by atoms with Gasteiger partial charge >= 0.3 is 0 Å². The smallest absolute Gasteiger partial charge is 0.237 e. The molecule has 1 nitrogen and oxygen atoms in total. The molecule has 0 radical (unpaired) electrons. The van der Waals surface area contributed by atoms with Gasteiger partial charge in [0.1, 0.15) is 6.54 Å². The van der Waals surface area contributed by atoms with E-state index in [0.29, 0.717) is 0 Å². The van der Waals surface area contributed by atoms with Crippen molar-refractivity contribution in [3.63, 3.8) is 0 Å². The van der Waals surface area contributed by atoms with Crippen molar-refractivity contribution in [3.8, 4) is 11.3 Å². The lowest BCUT2D eigenvalue weighted by Gasteiger charge is -1.99. The molecule has 1 aliphatic rings. The second kappa shape index (κ2) is 6.18. The zero-order valence-electron chi connectivity index (χ0n) is 10.0. The van der Waals surface area contributed by atoms with Gasteiger partial charge in [0.05, 0.1) is 5.38 Å². The van der Waals surface area contributed by atoms with Gasteiger partial charge in [-0.15, -0.1) is 0 Å². The molecule has 0 atom stereocenters. The van der Waals surface area contributed by atoms with Crippen LogP contribution in [0.15, 0.2) is 29.6 Å². The number of fused-ring (bicyclic) bond motifs is 1. The van der Waals surface area contributed by atoms with Crippen LogP contribution in [0.2, 0.25) is 5.02 Å². The van der Waals surface area contributed by atoms with E-state index in [-0.39, 0.29) is 17.0 Å². The summed E-state index contributed by atoms with van der Waals surface area (Å²) >= 11 is 7.83. The highest BCUT2D eigenvalue weighted by Crippen LogP contribution is 2.24. The SMILES string of the molecule is Clc1ccc(-c2csc3[n+]2CCCCC3)cc1.[Br-]. The molecule has 2 heterocycles. The lowest BCUT2D eigenvalue weighted by Crippen LogP contribution is -3.00. The van der Waals surface area contributed by atoms with Gasteiger partial charge in [-0.25, -0.2) is 0 Å². The van der Waals surface area contributed by atoms with Crippen LogP contribution in [0.3, 0.4) is 0 Å². The molecule has 0 unspecified atom stereocenters. The minimum absolute atomic E-state index is 0. The van der Waals surface area contributed by atoms with Crippen LogP contribution in [0.4, 0.5) is 0 Å². The molecule has 0 saturated heterocycles. The first-order valence-corrected chi connectivity index (χ1v) is 7.36. The van der Waals surface area contributed by atoms with Crippen LogP contribution in [0, 0.1) is 0 Å². The van der Waals surface area contributed by atoms with E-state index in [0.717, 1.165) is 11.6 Å². The Balaban J connectivity index is 0.00000120. The standard InChI is InChI=1S/C14H15ClNS.BrH/c15-12-7-5-11(6-8-12)13-10-17-14-4-2-1-3-9-16(13)14;/h5-8,10H,1-4,9H2;1H/q+1;/p-1. The molecule has 0 aliphatic carbocycles. The van der Waals surface area contributed by atoms with Crippen molar-refractivity contribution in [3.05, 3.63) is 39.7 Å². The number of thiazole rings is 1. The van der Waals surface area contributed by atoms with Crippen LogP contribution < -0.4 is 21.5 Å². The van der Waals surface area contributed by atoms with Gasteiger partial charge in [-0.3, -0.25) is 0 Å². The van der Waals surface area contributed by atoms with Crippen LogP contribution in [0.25, 0.3) is 11.3 Å². The van der Waals surface area contributed by atoms with Crippen molar-refractivity contribution in [2.45, 2.75) is 32.2 Å². The highest BCUT2D eigenvalue weighted by molar-refractivity contribution is 7.09. The summed E-state index contributed by atoms with van der Waals surface area (Å²) in [6.45, 7) is 1.16. The van der Waals surface area contributed by atoms with Crippen LogP contribution in [-0.2, 0) is 13.0 Å². The molecule has 1 aromatic heterocycles. The molecule has 0 bridgehead atoms. The van der Waals surface area contributed by atoms with Gasteiger partial charge in [0.25, 0.3) is 0 Å². The first kappa shape index (κ1) is 14.0. The minimum Gasteiger partial charge on any atom is -1.00 e. The fraction of sp³-hybridized carbons (Fsp3) is 0.357. The van der Waals surface area contributed by atoms with Crippen LogP contribution in [0.1, 0.15) is 24.3 Å². The van der Waals surface area contributed by atoms with E-state index in [2.05, 4.69) is 22.1 Å². The van der Waals surface area contributed by atoms with E-state index in [4.69, 9.17) is 11.6 Å². The summed E-state index contributed by atoms with van der Waals surface area (Å²) in [6.07, 6.45) is 5.22. The topological polar surface area (TPSA) is 3.88 Å². The average molecular weight is 345 g/mol.